The maximum Gasteiger partial charge on any atom is 0.115 e. The number of aliphatic hydroxyl groups is 1. The number of rotatable bonds is 1. The first-order valence-corrected chi connectivity index (χ1v) is 4.58. The number of aromatic hydroxyl groups is 1. The molecule has 0 amide bonds. The van der Waals surface area contributed by atoms with Crippen LogP contribution >= 0.6 is 0 Å². The minimum Gasteiger partial charge on any atom is -0.508 e. The van der Waals surface area contributed by atoms with Gasteiger partial charge in [-0.25, -0.2) is 0 Å². The Morgan fingerprint density at radius 2 is 1.77 bits per heavy atom. The molecular formula is C11H13O2. The summed E-state index contributed by atoms with van der Waals surface area (Å²) in [4.78, 5) is 0. The monoisotopic (exact) mass is 177 g/mol. The molecule has 1 radical (unpaired) electrons. The lowest BCUT2D eigenvalue weighted by atomic mass is 9.98. The number of phenolic OH excluding ortho intramolecular Hbond substituents is 1. The molecule has 0 bridgehead atoms. The van der Waals surface area contributed by atoms with Gasteiger partial charge in [0.15, 0.2) is 0 Å². The fourth-order valence-electron chi connectivity index (χ4n) is 1.81. The Bertz CT molecular complexity index is 279. The first-order chi connectivity index (χ1) is 6.25. The summed E-state index contributed by atoms with van der Waals surface area (Å²) in [6, 6.07) is 7.20. The topological polar surface area (TPSA) is 40.5 Å². The van der Waals surface area contributed by atoms with Crippen LogP contribution in [0.25, 0.3) is 0 Å². The molecule has 13 heavy (non-hydrogen) atoms. The molecule has 1 aliphatic rings. The first kappa shape index (κ1) is 8.57. The Hall–Kier alpha value is -1.02. The summed E-state index contributed by atoms with van der Waals surface area (Å²) in [5.74, 6) is 0.651. The molecule has 1 fully saturated rings. The standard InChI is InChI=1S/C11H13O2/c12-10-4-1-8(2-5-10)9-3-6-11(13)7-9/h1-2,4-5,7,9,11-13H,3,6H2. The second-order valence-corrected chi connectivity index (χ2v) is 3.54. The van der Waals surface area contributed by atoms with Gasteiger partial charge in [0.2, 0.25) is 0 Å². The van der Waals surface area contributed by atoms with Crippen LogP contribution in [-0.2, 0) is 0 Å². The van der Waals surface area contributed by atoms with Crippen LogP contribution in [0.2, 0.25) is 0 Å². The number of hydrogen-bond donors (Lipinski definition) is 2. The highest BCUT2D eigenvalue weighted by atomic mass is 16.3. The Balaban J connectivity index is 2.13. The molecule has 0 aromatic heterocycles. The van der Waals surface area contributed by atoms with Gasteiger partial charge in [-0.05, 0) is 42.9 Å². The maximum absolute atomic E-state index is 9.31. The minimum absolute atomic E-state index is 0.251. The molecule has 2 atom stereocenters. The third-order valence-corrected chi connectivity index (χ3v) is 2.55. The van der Waals surface area contributed by atoms with Crippen molar-refractivity contribution in [3.63, 3.8) is 0 Å². The van der Waals surface area contributed by atoms with E-state index in [0.29, 0.717) is 11.7 Å². The first-order valence-electron chi connectivity index (χ1n) is 4.58. The summed E-state index contributed by atoms with van der Waals surface area (Å²) >= 11 is 0. The second-order valence-electron chi connectivity index (χ2n) is 3.54. The third-order valence-electron chi connectivity index (χ3n) is 2.55. The van der Waals surface area contributed by atoms with E-state index in [2.05, 4.69) is 0 Å². The molecule has 1 aromatic carbocycles. The van der Waals surface area contributed by atoms with E-state index in [1.165, 1.54) is 5.56 Å². The third kappa shape index (κ3) is 1.83. The zero-order valence-electron chi connectivity index (χ0n) is 7.35. The van der Waals surface area contributed by atoms with Crippen LogP contribution in [0.15, 0.2) is 24.3 Å². The van der Waals surface area contributed by atoms with Crippen molar-refractivity contribution in [2.75, 3.05) is 0 Å². The molecule has 2 nitrogen and oxygen atoms in total. The van der Waals surface area contributed by atoms with Crippen LogP contribution in [0.3, 0.4) is 0 Å². The van der Waals surface area contributed by atoms with Gasteiger partial charge in [0.1, 0.15) is 5.75 Å². The molecule has 0 saturated heterocycles. The van der Waals surface area contributed by atoms with Gasteiger partial charge in [0.05, 0.1) is 6.10 Å². The van der Waals surface area contributed by atoms with Crippen molar-refractivity contribution >= 4 is 0 Å². The smallest absolute Gasteiger partial charge is 0.115 e. The van der Waals surface area contributed by atoms with Gasteiger partial charge in [-0.15, -0.1) is 0 Å². The highest BCUT2D eigenvalue weighted by Gasteiger charge is 2.24. The van der Waals surface area contributed by atoms with E-state index >= 15 is 0 Å². The van der Waals surface area contributed by atoms with Gasteiger partial charge in [-0.2, -0.15) is 0 Å². The van der Waals surface area contributed by atoms with Crippen LogP contribution in [-0.4, -0.2) is 16.3 Å². The van der Waals surface area contributed by atoms with Crippen LogP contribution < -0.4 is 0 Å². The lowest BCUT2D eigenvalue weighted by Gasteiger charge is -2.08. The molecule has 69 valence electrons. The van der Waals surface area contributed by atoms with Crippen molar-refractivity contribution in [2.24, 2.45) is 0 Å². The largest absolute Gasteiger partial charge is 0.508 e. The SMILES string of the molecule is Oc1ccc(C2[CH]C(O)CC2)cc1. The van der Waals surface area contributed by atoms with E-state index < -0.39 is 0 Å². The Morgan fingerprint density at radius 1 is 1.08 bits per heavy atom. The van der Waals surface area contributed by atoms with E-state index in [4.69, 9.17) is 5.11 Å². The summed E-state index contributed by atoms with van der Waals surface area (Å²) in [5.41, 5.74) is 1.18. The molecule has 2 rings (SSSR count). The van der Waals surface area contributed by atoms with Crippen molar-refractivity contribution in [3.05, 3.63) is 36.2 Å². The molecule has 0 aliphatic heterocycles. The highest BCUT2D eigenvalue weighted by Crippen LogP contribution is 2.33. The van der Waals surface area contributed by atoms with Crippen molar-refractivity contribution in [3.8, 4) is 5.75 Å². The summed E-state index contributed by atoms with van der Waals surface area (Å²) in [6.45, 7) is 0. The lowest BCUT2D eigenvalue weighted by Crippen LogP contribution is -2.00. The summed E-state index contributed by atoms with van der Waals surface area (Å²) < 4.78 is 0. The molecule has 0 heterocycles. The number of benzene rings is 1. The van der Waals surface area contributed by atoms with E-state index in [1.54, 1.807) is 12.1 Å². The molecular weight excluding hydrogens is 164 g/mol. The number of phenols is 1. The summed E-state index contributed by atoms with van der Waals surface area (Å²) in [6.07, 6.45) is 3.57. The fraction of sp³-hybridized carbons (Fsp3) is 0.364. The van der Waals surface area contributed by atoms with Gasteiger partial charge >= 0.3 is 0 Å². The average molecular weight is 177 g/mol. The number of hydrogen-bond acceptors (Lipinski definition) is 2. The Kier molecular flexibility index (Phi) is 2.23. The van der Waals surface area contributed by atoms with Gasteiger partial charge in [-0.1, -0.05) is 12.1 Å². The zero-order valence-corrected chi connectivity index (χ0v) is 7.35. The van der Waals surface area contributed by atoms with Gasteiger partial charge < -0.3 is 10.2 Å². The van der Waals surface area contributed by atoms with E-state index in [-0.39, 0.29) is 6.10 Å². The fourth-order valence-corrected chi connectivity index (χ4v) is 1.81. The van der Waals surface area contributed by atoms with Crippen LogP contribution in [0, 0.1) is 6.42 Å². The molecule has 1 aromatic rings. The van der Waals surface area contributed by atoms with Crippen LogP contribution in [0.4, 0.5) is 0 Å². The lowest BCUT2D eigenvalue weighted by molar-refractivity contribution is 0.214. The van der Waals surface area contributed by atoms with E-state index in [1.807, 2.05) is 18.6 Å². The van der Waals surface area contributed by atoms with Crippen LogP contribution in [0.1, 0.15) is 24.3 Å². The predicted molar refractivity (Wildman–Crippen MR) is 50.4 cm³/mol. The average Bonchev–Trinajstić information content (AvgIpc) is 2.53. The normalized spacial score (nSPS) is 27.8. The van der Waals surface area contributed by atoms with Crippen LogP contribution in [0.5, 0.6) is 5.75 Å². The quantitative estimate of drug-likeness (QED) is 0.687. The predicted octanol–water partition coefficient (Wildman–Crippen LogP) is 1.83. The zero-order chi connectivity index (χ0) is 9.26. The van der Waals surface area contributed by atoms with Crippen molar-refractivity contribution < 1.29 is 10.2 Å². The van der Waals surface area contributed by atoms with E-state index in [9.17, 15) is 5.11 Å². The van der Waals surface area contributed by atoms with Gasteiger partial charge in [0, 0.05) is 0 Å². The molecule has 1 aliphatic carbocycles. The summed E-state index contributed by atoms with van der Waals surface area (Å²) in [5, 5.41) is 18.4. The molecule has 0 spiro atoms. The molecule has 2 unspecified atom stereocenters. The van der Waals surface area contributed by atoms with Gasteiger partial charge in [0.25, 0.3) is 0 Å². The van der Waals surface area contributed by atoms with Crippen molar-refractivity contribution in [2.45, 2.75) is 24.9 Å². The van der Waals surface area contributed by atoms with Crippen molar-refractivity contribution in [1.82, 2.24) is 0 Å². The number of aliphatic hydroxyl groups excluding tert-OH is 1. The highest BCUT2D eigenvalue weighted by molar-refractivity contribution is 5.30. The molecule has 2 heteroatoms. The second kappa shape index (κ2) is 3.38. The maximum atomic E-state index is 9.31. The Morgan fingerprint density at radius 3 is 2.31 bits per heavy atom. The van der Waals surface area contributed by atoms with E-state index in [0.717, 1.165) is 12.8 Å². The van der Waals surface area contributed by atoms with Crippen molar-refractivity contribution in [1.29, 1.82) is 0 Å². The minimum atomic E-state index is -0.251. The molecule has 1 saturated carbocycles. The summed E-state index contributed by atoms with van der Waals surface area (Å²) in [7, 11) is 0. The Labute approximate surface area is 77.8 Å². The van der Waals surface area contributed by atoms with Gasteiger partial charge in [-0.3, -0.25) is 0 Å². The molecule has 2 N–H and O–H groups in total.